The van der Waals surface area contributed by atoms with Crippen LogP contribution in [0.25, 0.3) is 0 Å². The number of nitrogens with zero attached hydrogens (tertiary/aromatic N) is 4. The van der Waals surface area contributed by atoms with Crippen molar-refractivity contribution in [1.29, 1.82) is 0 Å². The summed E-state index contributed by atoms with van der Waals surface area (Å²) in [6.07, 6.45) is 2.21. The van der Waals surface area contributed by atoms with Crippen LogP contribution in [0.1, 0.15) is 47.5 Å². The van der Waals surface area contributed by atoms with Crippen molar-refractivity contribution in [3.8, 4) is 0 Å². The molecular formula is C15H28N6. The van der Waals surface area contributed by atoms with Crippen LogP contribution in [0.5, 0.6) is 0 Å². The molecule has 1 aliphatic carbocycles. The number of hydrogen-bond acceptors (Lipinski definition) is 6. The number of anilines is 3. The fourth-order valence-electron chi connectivity index (χ4n) is 2.26. The minimum absolute atomic E-state index is 0.346. The first-order valence-electron chi connectivity index (χ1n) is 8.01. The van der Waals surface area contributed by atoms with E-state index < -0.39 is 0 Å². The van der Waals surface area contributed by atoms with Gasteiger partial charge in [-0.2, -0.15) is 15.0 Å². The smallest absolute Gasteiger partial charge is 0.231 e. The van der Waals surface area contributed by atoms with Gasteiger partial charge in [0.15, 0.2) is 0 Å². The molecule has 2 N–H and O–H groups in total. The lowest BCUT2D eigenvalue weighted by Crippen LogP contribution is -2.26. The molecule has 0 bridgehead atoms. The lowest BCUT2D eigenvalue weighted by Gasteiger charge is -2.20. The Morgan fingerprint density at radius 2 is 1.71 bits per heavy atom. The summed E-state index contributed by atoms with van der Waals surface area (Å²) in [5.74, 6) is 2.09. The van der Waals surface area contributed by atoms with Gasteiger partial charge in [-0.3, -0.25) is 0 Å². The highest BCUT2D eigenvalue weighted by molar-refractivity contribution is 5.45. The Hall–Kier alpha value is -1.59. The van der Waals surface area contributed by atoms with Gasteiger partial charge in [0.1, 0.15) is 0 Å². The van der Waals surface area contributed by atoms with Crippen LogP contribution in [0.3, 0.4) is 0 Å². The first-order valence-corrected chi connectivity index (χ1v) is 8.01. The Bertz CT molecular complexity index is 469. The molecular weight excluding hydrogens is 264 g/mol. The van der Waals surface area contributed by atoms with Crippen LogP contribution in [0, 0.1) is 5.41 Å². The highest BCUT2D eigenvalue weighted by Gasteiger charge is 2.46. The molecule has 2 rings (SSSR count). The van der Waals surface area contributed by atoms with E-state index in [-0.39, 0.29) is 0 Å². The molecule has 1 aromatic rings. The molecule has 1 atom stereocenters. The molecule has 0 spiro atoms. The largest absolute Gasteiger partial charge is 0.354 e. The fraction of sp³-hybridized carbons (Fsp3) is 0.800. The van der Waals surface area contributed by atoms with E-state index in [1.165, 1.54) is 0 Å². The topological polar surface area (TPSA) is 66.0 Å². The predicted octanol–water partition coefficient (Wildman–Crippen LogP) is 2.75. The average Bonchev–Trinajstić information content (AvgIpc) is 3.04. The second-order valence-corrected chi connectivity index (χ2v) is 6.27. The van der Waals surface area contributed by atoms with E-state index in [1.807, 2.05) is 0 Å². The fourth-order valence-corrected chi connectivity index (χ4v) is 2.26. The zero-order valence-electron chi connectivity index (χ0n) is 13.9. The molecule has 6 heteroatoms. The Kier molecular flexibility index (Phi) is 4.85. The van der Waals surface area contributed by atoms with Crippen LogP contribution >= 0.6 is 0 Å². The SMILES string of the molecule is CCCNc1nc(NC2CC2(C)C)nc(N(CC)CC)n1. The summed E-state index contributed by atoms with van der Waals surface area (Å²) in [6, 6.07) is 0.462. The summed E-state index contributed by atoms with van der Waals surface area (Å²) >= 11 is 0. The summed E-state index contributed by atoms with van der Waals surface area (Å²) in [6.45, 7) is 13.5. The maximum atomic E-state index is 4.58. The lowest BCUT2D eigenvalue weighted by atomic mass is 10.2. The molecule has 21 heavy (non-hydrogen) atoms. The monoisotopic (exact) mass is 292 g/mol. The molecule has 1 heterocycles. The highest BCUT2D eigenvalue weighted by atomic mass is 15.3. The minimum atomic E-state index is 0.346. The second-order valence-electron chi connectivity index (χ2n) is 6.27. The van der Waals surface area contributed by atoms with Crippen molar-refractivity contribution in [2.45, 2.75) is 53.5 Å². The zero-order valence-corrected chi connectivity index (χ0v) is 13.9. The Balaban J connectivity index is 2.19. The van der Waals surface area contributed by atoms with E-state index in [0.717, 1.165) is 38.4 Å². The van der Waals surface area contributed by atoms with Crippen LogP contribution < -0.4 is 15.5 Å². The van der Waals surface area contributed by atoms with Gasteiger partial charge in [0.25, 0.3) is 0 Å². The van der Waals surface area contributed by atoms with Gasteiger partial charge in [-0.1, -0.05) is 20.8 Å². The van der Waals surface area contributed by atoms with Gasteiger partial charge in [0, 0.05) is 25.7 Å². The van der Waals surface area contributed by atoms with Gasteiger partial charge in [0.2, 0.25) is 17.8 Å². The van der Waals surface area contributed by atoms with Crippen LogP contribution in [-0.2, 0) is 0 Å². The molecule has 1 saturated carbocycles. The Labute approximate surface area is 127 Å². The molecule has 1 fully saturated rings. The van der Waals surface area contributed by atoms with Gasteiger partial charge < -0.3 is 15.5 Å². The third kappa shape index (κ3) is 3.95. The first-order chi connectivity index (χ1) is 10.00. The average molecular weight is 292 g/mol. The Morgan fingerprint density at radius 1 is 1.10 bits per heavy atom. The quantitative estimate of drug-likeness (QED) is 0.768. The van der Waals surface area contributed by atoms with E-state index in [1.54, 1.807) is 0 Å². The van der Waals surface area contributed by atoms with Gasteiger partial charge in [-0.25, -0.2) is 0 Å². The van der Waals surface area contributed by atoms with Crippen molar-refractivity contribution in [3.05, 3.63) is 0 Å². The normalized spacial score (nSPS) is 19.2. The number of hydrogen-bond donors (Lipinski definition) is 2. The maximum absolute atomic E-state index is 4.58. The van der Waals surface area contributed by atoms with Gasteiger partial charge in [-0.15, -0.1) is 0 Å². The van der Waals surface area contributed by atoms with E-state index in [9.17, 15) is 0 Å². The highest BCUT2D eigenvalue weighted by Crippen LogP contribution is 2.46. The molecule has 1 unspecified atom stereocenters. The molecule has 0 saturated heterocycles. The summed E-state index contributed by atoms with van der Waals surface area (Å²) in [4.78, 5) is 15.7. The zero-order chi connectivity index (χ0) is 15.5. The number of aromatic nitrogens is 3. The first kappa shape index (κ1) is 15.8. The molecule has 1 aliphatic rings. The summed E-state index contributed by atoms with van der Waals surface area (Å²) in [7, 11) is 0. The Morgan fingerprint density at radius 3 is 2.24 bits per heavy atom. The van der Waals surface area contributed by atoms with Crippen molar-refractivity contribution >= 4 is 17.8 Å². The molecule has 0 aliphatic heterocycles. The van der Waals surface area contributed by atoms with Crippen molar-refractivity contribution in [1.82, 2.24) is 15.0 Å². The predicted molar refractivity (Wildman–Crippen MR) is 88.0 cm³/mol. The van der Waals surface area contributed by atoms with Gasteiger partial charge in [-0.05, 0) is 32.1 Å². The van der Waals surface area contributed by atoms with Crippen molar-refractivity contribution in [2.24, 2.45) is 5.41 Å². The summed E-state index contributed by atoms with van der Waals surface area (Å²) in [5.41, 5.74) is 0.346. The van der Waals surface area contributed by atoms with E-state index in [4.69, 9.17) is 0 Å². The second kappa shape index (κ2) is 6.45. The molecule has 1 aromatic heterocycles. The third-order valence-corrected chi connectivity index (χ3v) is 4.02. The standard InChI is InChI=1S/C15H28N6/c1-6-9-16-12-18-13(17-11-10-15(11,4)5)20-14(19-12)21(7-2)8-3/h11H,6-10H2,1-5H3,(H2,16,17,18,19,20). The van der Waals surface area contributed by atoms with Crippen LogP contribution in [0.2, 0.25) is 0 Å². The molecule has 0 aromatic carbocycles. The third-order valence-electron chi connectivity index (χ3n) is 4.02. The van der Waals surface area contributed by atoms with Gasteiger partial charge >= 0.3 is 0 Å². The minimum Gasteiger partial charge on any atom is -0.354 e. The summed E-state index contributed by atoms with van der Waals surface area (Å²) < 4.78 is 0. The van der Waals surface area contributed by atoms with E-state index in [0.29, 0.717) is 23.4 Å². The van der Waals surface area contributed by atoms with E-state index >= 15 is 0 Å². The number of nitrogens with one attached hydrogen (secondary N) is 2. The molecule has 118 valence electrons. The van der Waals surface area contributed by atoms with E-state index in [2.05, 4.69) is 65.1 Å². The molecule has 0 amide bonds. The van der Waals surface area contributed by atoms with Crippen molar-refractivity contribution in [3.63, 3.8) is 0 Å². The number of rotatable bonds is 8. The van der Waals surface area contributed by atoms with Crippen molar-refractivity contribution in [2.75, 3.05) is 35.2 Å². The van der Waals surface area contributed by atoms with Crippen molar-refractivity contribution < 1.29 is 0 Å². The van der Waals surface area contributed by atoms with Gasteiger partial charge in [0.05, 0.1) is 0 Å². The van der Waals surface area contributed by atoms with Crippen LogP contribution in [0.15, 0.2) is 0 Å². The van der Waals surface area contributed by atoms with Crippen LogP contribution in [-0.4, -0.2) is 40.6 Å². The summed E-state index contributed by atoms with van der Waals surface area (Å²) in [5, 5.41) is 6.70. The van der Waals surface area contributed by atoms with Crippen LogP contribution in [0.4, 0.5) is 17.8 Å². The lowest BCUT2D eigenvalue weighted by molar-refractivity contribution is 0.628. The molecule has 6 nitrogen and oxygen atoms in total. The molecule has 0 radical (unpaired) electrons. The maximum Gasteiger partial charge on any atom is 0.231 e.